The summed E-state index contributed by atoms with van der Waals surface area (Å²) in [5.74, 6) is -0.277. The average Bonchev–Trinajstić information content (AvgIpc) is 2.68. The summed E-state index contributed by atoms with van der Waals surface area (Å²) >= 11 is 7.03. The molecule has 6 nitrogen and oxygen atoms in total. The Balaban J connectivity index is 1.87. The van der Waals surface area contributed by atoms with Gasteiger partial charge in [0.1, 0.15) is 5.75 Å². The highest BCUT2D eigenvalue weighted by Crippen LogP contribution is 2.50. The molecule has 1 heterocycles. The number of ketones is 2. The molecule has 2 N–H and O–H groups in total. The van der Waals surface area contributed by atoms with Gasteiger partial charge in [-0.25, -0.2) is 0 Å². The minimum absolute atomic E-state index is 0.110. The Morgan fingerprint density at radius 2 is 1.53 bits per heavy atom. The largest absolute Gasteiger partial charge is 0.481 e. The number of ether oxygens (including phenoxy) is 1. The zero-order chi connectivity index (χ0) is 21.6. The number of benzene rings is 1. The van der Waals surface area contributed by atoms with Crippen LogP contribution in [0.1, 0.15) is 50.0 Å². The molecular formula is C22H22Br2N2O4. The average molecular weight is 538 g/mol. The van der Waals surface area contributed by atoms with Gasteiger partial charge in [0.15, 0.2) is 18.2 Å². The second kappa shape index (κ2) is 8.30. The van der Waals surface area contributed by atoms with Crippen molar-refractivity contribution < 1.29 is 19.1 Å². The number of allylic oxidation sites excluding steroid dienone is 4. The SMILES string of the molecule is CN1C2=C(C(=O)CCC2)C(c2cc(Br)c(OCC(N)=O)c(Br)c2)C2=C1CCCC2=O. The molecule has 1 aliphatic heterocycles. The Kier molecular flexibility index (Phi) is 5.90. The Hall–Kier alpha value is -1.93. The van der Waals surface area contributed by atoms with E-state index >= 15 is 0 Å². The number of carbonyl (C=O) groups is 3. The Labute approximate surface area is 191 Å². The quantitative estimate of drug-likeness (QED) is 0.624. The van der Waals surface area contributed by atoms with Crippen LogP contribution in [0, 0.1) is 0 Å². The number of hydrogen-bond donors (Lipinski definition) is 1. The molecule has 0 unspecified atom stereocenters. The van der Waals surface area contributed by atoms with Crippen molar-refractivity contribution in [3.05, 3.63) is 49.2 Å². The van der Waals surface area contributed by atoms with E-state index in [4.69, 9.17) is 10.5 Å². The van der Waals surface area contributed by atoms with E-state index in [2.05, 4.69) is 36.8 Å². The van der Waals surface area contributed by atoms with Crippen molar-refractivity contribution in [1.29, 1.82) is 0 Å². The summed E-state index contributed by atoms with van der Waals surface area (Å²) in [4.78, 5) is 39.3. The molecule has 1 amide bonds. The van der Waals surface area contributed by atoms with Crippen molar-refractivity contribution in [1.82, 2.24) is 4.90 Å². The van der Waals surface area contributed by atoms with Gasteiger partial charge in [0, 0.05) is 48.3 Å². The monoisotopic (exact) mass is 536 g/mol. The van der Waals surface area contributed by atoms with E-state index in [0.717, 1.165) is 53.8 Å². The lowest BCUT2D eigenvalue weighted by molar-refractivity contribution is -0.120. The smallest absolute Gasteiger partial charge is 0.255 e. The Morgan fingerprint density at radius 3 is 2.00 bits per heavy atom. The Bertz CT molecular complexity index is 961. The highest BCUT2D eigenvalue weighted by molar-refractivity contribution is 9.11. The number of nitrogens with zero attached hydrogens (tertiary/aromatic N) is 1. The number of hydrogen-bond acceptors (Lipinski definition) is 5. The van der Waals surface area contributed by atoms with Crippen molar-refractivity contribution in [3.8, 4) is 5.75 Å². The Morgan fingerprint density at radius 1 is 1.03 bits per heavy atom. The molecule has 1 aromatic rings. The summed E-state index contributed by atoms with van der Waals surface area (Å²) in [5, 5.41) is 0. The minimum Gasteiger partial charge on any atom is -0.481 e. The molecule has 0 saturated carbocycles. The molecule has 0 aromatic heterocycles. The summed E-state index contributed by atoms with van der Waals surface area (Å²) in [5.41, 5.74) is 9.58. The van der Waals surface area contributed by atoms with Gasteiger partial charge in [-0.15, -0.1) is 0 Å². The number of carbonyl (C=O) groups excluding carboxylic acids is 3. The number of primary amides is 1. The first-order chi connectivity index (χ1) is 14.3. The van der Waals surface area contributed by atoms with Crippen LogP contribution in [-0.4, -0.2) is 36.0 Å². The summed E-state index contributed by atoms with van der Waals surface area (Å²) in [6.07, 6.45) is 4.34. The van der Waals surface area contributed by atoms with Crippen molar-refractivity contribution in [2.24, 2.45) is 5.73 Å². The summed E-state index contributed by atoms with van der Waals surface area (Å²) in [7, 11) is 1.98. The number of nitrogens with two attached hydrogens (primary N) is 1. The lowest BCUT2D eigenvalue weighted by Gasteiger charge is -2.42. The van der Waals surface area contributed by atoms with Gasteiger partial charge in [0.2, 0.25) is 0 Å². The van der Waals surface area contributed by atoms with Crippen LogP contribution >= 0.6 is 31.9 Å². The van der Waals surface area contributed by atoms with Crippen LogP contribution < -0.4 is 10.5 Å². The molecule has 0 bridgehead atoms. The lowest BCUT2D eigenvalue weighted by Crippen LogP contribution is -2.37. The number of halogens is 2. The van der Waals surface area contributed by atoms with Gasteiger partial charge in [0.05, 0.1) is 8.95 Å². The second-order valence-electron chi connectivity index (χ2n) is 7.83. The fourth-order valence-corrected chi connectivity index (χ4v) is 6.16. The summed E-state index contributed by atoms with van der Waals surface area (Å²) < 4.78 is 6.76. The van der Waals surface area contributed by atoms with Crippen molar-refractivity contribution in [2.75, 3.05) is 13.7 Å². The standard InChI is InChI=1S/C22H22Br2N2O4/c1-26-14-4-2-6-16(27)20(14)19(21-15(26)5-3-7-17(21)28)11-8-12(23)22(13(24)9-11)30-10-18(25)29/h8-9,19H,2-7,10H2,1H3,(H2,25,29). The van der Waals surface area contributed by atoms with Gasteiger partial charge < -0.3 is 15.4 Å². The van der Waals surface area contributed by atoms with Crippen molar-refractivity contribution in [3.63, 3.8) is 0 Å². The van der Waals surface area contributed by atoms with Gasteiger partial charge in [-0.2, -0.15) is 0 Å². The molecule has 4 rings (SSSR count). The van der Waals surface area contributed by atoms with E-state index < -0.39 is 5.91 Å². The minimum atomic E-state index is -0.571. The van der Waals surface area contributed by atoms with E-state index in [9.17, 15) is 14.4 Å². The van der Waals surface area contributed by atoms with Crippen LogP contribution in [0.4, 0.5) is 0 Å². The number of Topliss-reactive ketones (excluding diaryl/α,β-unsaturated/α-hetero) is 2. The molecule has 3 aliphatic rings. The third kappa shape index (κ3) is 3.64. The molecular weight excluding hydrogens is 516 g/mol. The van der Waals surface area contributed by atoms with Crippen LogP contribution in [0.3, 0.4) is 0 Å². The van der Waals surface area contributed by atoms with E-state index in [1.807, 2.05) is 19.2 Å². The van der Waals surface area contributed by atoms with Crippen LogP contribution in [0.2, 0.25) is 0 Å². The molecule has 0 fully saturated rings. The van der Waals surface area contributed by atoms with Gasteiger partial charge >= 0.3 is 0 Å². The third-order valence-corrected chi connectivity index (χ3v) is 7.14. The fraction of sp³-hybridized carbons (Fsp3) is 0.409. The maximum absolute atomic E-state index is 13.0. The maximum Gasteiger partial charge on any atom is 0.255 e. The van der Waals surface area contributed by atoms with Crippen LogP contribution in [0.5, 0.6) is 5.75 Å². The highest BCUT2D eigenvalue weighted by atomic mass is 79.9. The topological polar surface area (TPSA) is 89.7 Å². The van der Waals surface area contributed by atoms with Crippen LogP contribution in [0.15, 0.2) is 43.6 Å². The second-order valence-corrected chi connectivity index (χ2v) is 9.54. The van der Waals surface area contributed by atoms with Gasteiger partial charge in [-0.1, -0.05) is 0 Å². The molecule has 0 saturated heterocycles. The van der Waals surface area contributed by atoms with E-state index in [1.54, 1.807) is 0 Å². The van der Waals surface area contributed by atoms with Gasteiger partial charge in [-0.05, 0) is 75.2 Å². The zero-order valence-corrected chi connectivity index (χ0v) is 19.8. The fourth-order valence-electron chi connectivity index (χ4n) is 4.71. The van der Waals surface area contributed by atoms with E-state index in [-0.39, 0.29) is 24.1 Å². The van der Waals surface area contributed by atoms with Gasteiger partial charge in [0.25, 0.3) is 5.91 Å². The van der Waals surface area contributed by atoms with E-state index in [1.165, 1.54) is 0 Å². The molecule has 1 aromatic carbocycles. The third-order valence-electron chi connectivity index (χ3n) is 5.96. The summed E-state index contributed by atoms with van der Waals surface area (Å²) in [6, 6.07) is 3.74. The first-order valence-electron chi connectivity index (χ1n) is 9.95. The molecule has 0 spiro atoms. The van der Waals surface area contributed by atoms with Crippen molar-refractivity contribution in [2.45, 2.75) is 44.4 Å². The van der Waals surface area contributed by atoms with Crippen LogP contribution in [0.25, 0.3) is 0 Å². The summed E-state index contributed by atoms with van der Waals surface area (Å²) in [6.45, 7) is -0.244. The molecule has 8 heteroatoms. The lowest BCUT2D eigenvalue weighted by atomic mass is 9.71. The maximum atomic E-state index is 13.0. The van der Waals surface area contributed by atoms with Gasteiger partial charge in [-0.3, -0.25) is 14.4 Å². The molecule has 158 valence electrons. The molecule has 0 radical (unpaired) electrons. The number of rotatable bonds is 4. The molecule has 30 heavy (non-hydrogen) atoms. The zero-order valence-electron chi connectivity index (χ0n) is 16.6. The first kappa shape index (κ1) is 21.3. The van der Waals surface area contributed by atoms with E-state index in [0.29, 0.717) is 27.5 Å². The predicted molar refractivity (Wildman–Crippen MR) is 119 cm³/mol. The van der Waals surface area contributed by atoms with Crippen molar-refractivity contribution >= 4 is 49.3 Å². The normalized spacial score (nSPS) is 19.8. The molecule has 2 aliphatic carbocycles. The van der Waals surface area contributed by atoms with Crippen LogP contribution in [-0.2, 0) is 14.4 Å². The molecule has 0 atom stereocenters. The predicted octanol–water partition coefficient (Wildman–Crippen LogP) is 4.12. The number of amides is 1. The first-order valence-corrected chi connectivity index (χ1v) is 11.5. The highest BCUT2D eigenvalue weighted by Gasteiger charge is 2.42.